The molecule has 0 saturated carbocycles. The van der Waals surface area contributed by atoms with E-state index in [2.05, 4.69) is 46.4 Å². The summed E-state index contributed by atoms with van der Waals surface area (Å²) >= 11 is 18.0. The second-order valence-electron chi connectivity index (χ2n) is 6.82. The van der Waals surface area contributed by atoms with Gasteiger partial charge in [0.2, 0.25) is 0 Å². The maximum atomic E-state index is 6.28. The molecule has 0 radical (unpaired) electrons. The van der Waals surface area contributed by atoms with Crippen molar-refractivity contribution >= 4 is 51.4 Å². The summed E-state index contributed by atoms with van der Waals surface area (Å²) in [5, 5.41) is 6.76. The van der Waals surface area contributed by atoms with E-state index in [9.17, 15) is 0 Å². The zero-order valence-corrected chi connectivity index (χ0v) is 17.4. The van der Waals surface area contributed by atoms with Gasteiger partial charge >= 0.3 is 0 Å². The van der Waals surface area contributed by atoms with E-state index < -0.39 is 0 Å². The third kappa shape index (κ3) is 3.54. The number of aromatic amines is 1. The standard InChI is InChI=1S/C21H21Cl2N3S/c1-2-19-20-16(15-5-3-4-6-18(15)25-20)9-10-26(19)21(27)24-12-13-7-8-14(22)11-17(13)23/h3-8,11,19,25H,2,9-10,12H2,1H3,(H,24,27). The van der Waals surface area contributed by atoms with E-state index in [1.807, 2.05) is 12.1 Å². The van der Waals surface area contributed by atoms with Crippen LogP contribution < -0.4 is 5.32 Å². The number of hydrogen-bond acceptors (Lipinski definition) is 1. The highest BCUT2D eigenvalue weighted by atomic mass is 35.5. The van der Waals surface area contributed by atoms with Crippen LogP contribution in [0, 0.1) is 0 Å². The number of halogens is 2. The van der Waals surface area contributed by atoms with Crippen LogP contribution in [0.15, 0.2) is 42.5 Å². The number of rotatable bonds is 3. The van der Waals surface area contributed by atoms with Gasteiger partial charge in [-0.2, -0.15) is 0 Å². The number of benzene rings is 2. The lowest BCUT2D eigenvalue weighted by Crippen LogP contribution is -2.45. The Bertz CT molecular complexity index is 998. The summed E-state index contributed by atoms with van der Waals surface area (Å²) in [7, 11) is 0. The molecule has 27 heavy (non-hydrogen) atoms. The largest absolute Gasteiger partial charge is 0.358 e. The quantitative estimate of drug-likeness (QED) is 0.523. The van der Waals surface area contributed by atoms with E-state index in [4.69, 9.17) is 35.4 Å². The summed E-state index contributed by atoms with van der Waals surface area (Å²) < 4.78 is 0. The Morgan fingerprint density at radius 3 is 2.85 bits per heavy atom. The van der Waals surface area contributed by atoms with Crippen LogP contribution in [0.4, 0.5) is 0 Å². The molecule has 3 nitrogen and oxygen atoms in total. The molecule has 6 heteroatoms. The predicted octanol–water partition coefficient (Wildman–Crippen LogP) is 5.86. The molecule has 1 unspecified atom stereocenters. The van der Waals surface area contributed by atoms with Crippen molar-refractivity contribution in [3.05, 3.63) is 69.3 Å². The minimum atomic E-state index is 0.252. The smallest absolute Gasteiger partial charge is 0.169 e. The summed E-state index contributed by atoms with van der Waals surface area (Å²) in [6.07, 6.45) is 1.97. The molecule has 1 atom stereocenters. The fourth-order valence-corrected chi connectivity index (χ4v) is 4.69. The second kappa shape index (κ2) is 7.70. The lowest BCUT2D eigenvalue weighted by molar-refractivity contribution is 0.283. The zero-order valence-electron chi connectivity index (χ0n) is 15.1. The molecule has 4 rings (SSSR count). The number of thiocarbonyl (C=S) groups is 1. The molecule has 3 aromatic rings. The number of aromatic nitrogens is 1. The van der Waals surface area contributed by atoms with Gasteiger partial charge in [-0.1, -0.05) is 54.4 Å². The van der Waals surface area contributed by atoms with Gasteiger partial charge < -0.3 is 15.2 Å². The van der Waals surface area contributed by atoms with Crippen molar-refractivity contribution in [2.45, 2.75) is 32.4 Å². The fourth-order valence-electron chi connectivity index (χ4n) is 3.92. The topological polar surface area (TPSA) is 31.1 Å². The third-order valence-electron chi connectivity index (χ3n) is 5.25. The van der Waals surface area contributed by atoms with Gasteiger partial charge in [0.25, 0.3) is 0 Å². The first kappa shape index (κ1) is 18.6. The molecule has 0 amide bonds. The molecule has 1 aromatic heterocycles. The van der Waals surface area contributed by atoms with Crippen LogP contribution in [-0.4, -0.2) is 21.5 Å². The van der Waals surface area contributed by atoms with Gasteiger partial charge in [-0.05, 0) is 54.4 Å². The number of hydrogen-bond donors (Lipinski definition) is 2. The molecule has 0 aliphatic carbocycles. The van der Waals surface area contributed by atoms with E-state index in [-0.39, 0.29) is 6.04 Å². The highest BCUT2D eigenvalue weighted by Gasteiger charge is 2.30. The minimum Gasteiger partial charge on any atom is -0.358 e. The van der Waals surface area contributed by atoms with E-state index >= 15 is 0 Å². The van der Waals surface area contributed by atoms with Crippen LogP contribution >= 0.6 is 35.4 Å². The molecule has 1 aliphatic rings. The van der Waals surface area contributed by atoms with Gasteiger partial charge in [-0.25, -0.2) is 0 Å². The van der Waals surface area contributed by atoms with E-state index in [0.29, 0.717) is 16.6 Å². The third-order valence-corrected chi connectivity index (χ3v) is 6.22. The van der Waals surface area contributed by atoms with Crippen LogP contribution in [0.5, 0.6) is 0 Å². The van der Waals surface area contributed by atoms with Gasteiger partial charge in [0, 0.05) is 39.7 Å². The molecular weight excluding hydrogens is 397 g/mol. The van der Waals surface area contributed by atoms with Gasteiger partial charge in [-0.3, -0.25) is 0 Å². The van der Waals surface area contributed by atoms with E-state index in [1.54, 1.807) is 6.07 Å². The summed E-state index contributed by atoms with van der Waals surface area (Å²) in [6.45, 7) is 3.70. The molecule has 2 aromatic carbocycles. The molecule has 0 fully saturated rings. The van der Waals surface area contributed by atoms with Crippen molar-refractivity contribution in [3.8, 4) is 0 Å². The van der Waals surface area contributed by atoms with Crippen LogP contribution in [0.1, 0.15) is 36.2 Å². The Labute approximate surface area is 174 Å². The van der Waals surface area contributed by atoms with Crippen molar-refractivity contribution in [1.82, 2.24) is 15.2 Å². The maximum Gasteiger partial charge on any atom is 0.169 e. The molecule has 0 spiro atoms. The van der Waals surface area contributed by atoms with Crippen LogP contribution in [0.2, 0.25) is 10.0 Å². The maximum absolute atomic E-state index is 6.28. The normalized spacial score (nSPS) is 16.4. The molecule has 0 saturated heterocycles. The lowest BCUT2D eigenvalue weighted by Gasteiger charge is -2.37. The zero-order chi connectivity index (χ0) is 19.0. The molecule has 2 heterocycles. The lowest BCUT2D eigenvalue weighted by atomic mass is 9.96. The number of para-hydroxylation sites is 1. The molecule has 1 aliphatic heterocycles. The average Bonchev–Trinajstić information content (AvgIpc) is 3.05. The van der Waals surface area contributed by atoms with Crippen LogP contribution in [0.3, 0.4) is 0 Å². The van der Waals surface area contributed by atoms with Crippen molar-refractivity contribution < 1.29 is 0 Å². The van der Waals surface area contributed by atoms with Gasteiger partial charge in [0.1, 0.15) is 0 Å². The van der Waals surface area contributed by atoms with Crippen LogP contribution in [0.25, 0.3) is 10.9 Å². The highest BCUT2D eigenvalue weighted by molar-refractivity contribution is 7.80. The predicted molar refractivity (Wildman–Crippen MR) is 118 cm³/mol. The number of H-pyrrole nitrogens is 1. The van der Waals surface area contributed by atoms with Crippen molar-refractivity contribution in [3.63, 3.8) is 0 Å². The Hall–Kier alpha value is -1.75. The second-order valence-corrected chi connectivity index (χ2v) is 8.06. The van der Waals surface area contributed by atoms with Crippen molar-refractivity contribution in [2.75, 3.05) is 6.54 Å². The molecular formula is C21H21Cl2N3S. The summed E-state index contributed by atoms with van der Waals surface area (Å²) in [5.74, 6) is 0. The van der Waals surface area contributed by atoms with E-state index in [1.165, 1.54) is 22.2 Å². The highest BCUT2D eigenvalue weighted by Crippen LogP contribution is 2.36. The first-order valence-corrected chi connectivity index (χ1v) is 10.3. The van der Waals surface area contributed by atoms with Crippen molar-refractivity contribution in [2.24, 2.45) is 0 Å². The van der Waals surface area contributed by atoms with E-state index in [0.717, 1.165) is 30.1 Å². The fraction of sp³-hybridized carbons (Fsp3) is 0.286. The SMILES string of the molecule is CCC1c2[nH]c3ccccc3c2CCN1C(=S)NCc1ccc(Cl)cc1Cl. The Morgan fingerprint density at radius 1 is 1.26 bits per heavy atom. The van der Waals surface area contributed by atoms with Gasteiger partial charge in [0.15, 0.2) is 5.11 Å². The molecule has 0 bridgehead atoms. The molecule has 140 valence electrons. The molecule has 2 N–H and O–H groups in total. The minimum absolute atomic E-state index is 0.252. The van der Waals surface area contributed by atoms with Crippen LogP contribution in [-0.2, 0) is 13.0 Å². The summed E-state index contributed by atoms with van der Waals surface area (Å²) in [6, 6.07) is 14.3. The summed E-state index contributed by atoms with van der Waals surface area (Å²) in [4.78, 5) is 5.91. The average molecular weight is 418 g/mol. The number of fused-ring (bicyclic) bond motifs is 3. The number of nitrogens with one attached hydrogen (secondary N) is 2. The summed E-state index contributed by atoms with van der Waals surface area (Å²) in [5.41, 5.74) is 4.91. The number of nitrogens with zero attached hydrogens (tertiary/aromatic N) is 1. The monoisotopic (exact) mass is 417 g/mol. The van der Waals surface area contributed by atoms with Gasteiger partial charge in [0.05, 0.1) is 6.04 Å². The Kier molecular flexibility index (Phi) is 5.31. The van der Waals surface area contributed by atoms with Crippen molar-refractivity contribution in [1.29, 1.82) is 0 Å². The first-order valence-electron chi connectivity index (χ1n) is 9.16. The van der Waals surface area contributed by atoms with Gasteiger partial charge in [-0.15, -0.1) is 0 Å². The Balaban J connectivity index is 1.54. The first-order chi connectivity index (χ1) is 13.1. The Morgan fingerprint density at radius 2 is 2.07 bits per heavy atom.